The van der Waals surface area contributed by atoms with Crippen molar-refractivity contribution in [2.45, 2.75) is 24.5 Å². The van der Waals surface area contributed by atoms with Gasteiger partial charge in [-0.3, -0.25) is 4.90 Å². The van der Waals surface area contributed by atoms with Crippen molar-refractivity contribution < 1.29 is 13.2 Å². The molecule has 1 aliphatic rings. The van der Waals surface area contributed by atoms with Crippen LogP contribution in [-0.4, -0.2) is 50.3 Å². The predicted molar refractivity (Wildman–Crippen MR) is 137 cm³/mol. The second-order valence-electron chi connectivity index (χ2n) is 8.68. The van der Waals surface area contributed by atoms with Crippen molar-refractivity contribution in [1.82, 2.24) is 9.21 Å². The fourth-order valence-electron chi connectivity index (χ4n) is 4.19. The van der Waals surface area contributed by atoms with Crippen LogP contribution >= 0.6 is 11.6 Å². The topological polar surface area (TPSA) is 73.6 Å². The zero-order valence-corrected chi connectivity index (χ0v) is 21.2. The maximum atomic E-state index is 13.1. The van der Waals surface area contributed by atoms with Crippen molar-refractivity contribution in [3.8, 4) is 6.07 Å². The molecule has 0 spiro atoms. The van der Waals surface area contributed by atoms with Gasteiger partial charge in [-0.05, 0) is 48.4 Å². The first-order valence-corrected chi connectivity index (χ1v) is 13.3. The largest absolute Gasteiger partial charge is 0.368 e. The molecule has 3 aromatic carbocycles. The van der Waals surface area contributed by atoms with E-state index in [4.69, 9.17) is 21.6 Å². The Hall–Kier alpha value is -2.73. The van der Waals surface area contributed by atoms with Crippen LogP contribution in [0.3, 0.4) is 0 Å². The van der Waals surface area contributed by atoms with E-state index in [0.717, 1.165) is 11.1 Å². The van der Waals surface area contributed by atoms with E-state index in [1.807, 2.05) is 36.4 Å². The maximum absolute atomic E-state index is 13.1. The SMILES string of the molecule is Cc1cccc(COC(CN2CCN(S(=O)(=O)c3cccc(C#N)c3)CC2)c2ccc(Cl)cc2)c1. The van der Waals surface area contributed by atoms with Gasteiger partial charge in [0.1, 0.15) is 0 Å². The molecule has 1 unspecified atom stereocenters. The van der Waals surface area contributed by atoms with E-state index >= 15 is 0 Å². The van der Waals surface area contributed by atoms with Gasteiger partial charge in [-0.2, -0.15) is 9.57 Å². The molecule has 0 bridgehead atoms. The Bertz CT molecular complexity index is 1300. The van der Waals surface area contributed by atoms with Crippen molar-refractivity contribution in [3.63, 3.8) is 0 Å². The van der Waals surface area contributed by atoms with E-state index in [1.54, 1.807) is 12.1 Å². The minimum atomic E-state index is -3.64. The van der Waals surface area contributed by atoms with Gasteiger partial charge < -0.3 is 4.74 Å². The number of hydrogen-bond acceptors (Lipinski definition) is 5. The number of ether oxygens (including phenoxy) is 1. The first-order valence-electron chi connectivity index (χ1n) is 11.5. The molecule has 0 aliphatic carbocycles. The Morgan fingerprint density at radius 1 is 1.00 bits per heavy atom. The van der Waals surface area contributed by atoms with Crippen LogP contribution in [0.5, 0.6) is 0 Å². The lowest BCUT2D eigenvalue weighted by molar-refractivity contribution is 0.00771. The number of piperazine rings is 1. The molecule has 0 N–H and O–H groups in total. The summed E-state index contributed by atoms with van der Waals surface area (Å²) in [4.78, 5) is 2.39. The summed E-state index contributed by atoms with van der Waals surface area (Å²) in [6.07, 6.45) is -0.178. The molecule has 1 heterocycles. The van der Waals surface area contributed by atoms with Crippen LogP contribution in [0.4, 0.5) is 0 Å². The third kappa shape index (κ3) is 6.49. The van der Waals surface area contributed by atoms with E-state index in [2.05, 4.69) is 30.0 Å². The summed E-state index contributed by atoms with van der Waals surface area (Å²) < 4.78 is 34.0. The summed E-state index contributed by atoms with van der Waals surface area (Å²) in [5, 5.41) is 9.78. The summed E-state index contributed by atoms with van der Waals surface area (Å²) in [5.74, 6) is 0. The van der Waals surface area contributed by atoms with Gasteiger partial charge in [-0.15, -0.1) is 0 Å². The minimum absolute atomic E-state index is 0.158. The standard InChI is InChI=1S/C27H28ClN3O3S/c1-21-4-2-6-23(16-21)20-34-27(24-8-10-25(28)11-9-24)19-30-12-14-31(15-13-30)35(32,33)26-7-3-5-22(17-26)18-29/h2-11,16-17,27H,12-15,19-20H2,1H3. The summed E-state index contributed by atoms with van der Waals surface area (Å²) in [6.45, 7) is 5.13. The average Bonchev–Trinajstić information content (AvgIpc) is 2.87. The molecule has 6 nitrogen and oxygen atoms in total. The Morgan fingerprint density at radius 3 is 2.40 bits per heavy atom. The van der Waals surface area contributed by atoms with Crippen LogP contribution in [0, 0.1) is 18.3 Å². The van der Waals surface area contributed by atoms with Crippen molar-refractivity contribution in [2.75, 3.05) is 32.7 Å². The number of benzene rings is 3. The molecule has 3 aromatic rings. The Kier molecular flexibility index (Phi) is 8.22. The fraction of sp³-hybridized carbons (Fsp3) is 0.296. The van der Waals surface area contributed by atoms with Gasteiger partial charge in [0.2, 0.25) is 10.0 Å². The molecule has 1 aliphatic heterocycles. The van der Waals surface area contributed by atoms with Gasteiger partial charge in [0.05, 0.1) is 29.2 Å². The number of sulfonamides is 1. The van der Waals surface area contributed by atoms with Gasteiger partial charge in [-0.25, -0.2) is 8.42 Å². The molecule has 0 saturated carbocycles. The molecule has 0 radical (unpaired) electrons. The molecule has 4 rings (SSSR count). The van der Waals surface area contributed by atoms with Crippen molar-refractivity contribution >= 4 is 21.6 Å². The maximum Gasteiger partial charge on any atom is 0.243 e. The third-order valence-electron chi connectivity index (χ3n) is 6.13. The first-order chi connectivity index (χ1) is 16.8. The fourth-order valence-corrected chi connectivity index (χ4v) is 5.79. The lowest BCUT2D eigenvalue weighted by Gasteiger charge is -2.36. The first kappa shape index (κ1) is 25.4. The second-order valence-corrected chi connectivity index (χ2v) is 11.1. The molecule has 1 atom stereocenters. The summed E-state index contributed by atoms with van der Waals surface area (Å²) in [6, 6.07) is 24.1. The van der Waals surface area contributed by atoms with Crippen LogP contribution in [-0.2, 0) is 21.4 Å². The van der Waals surface area contributed by atoms with E-state index < -0.39 is 10.0 Å². The molecule has 35 heavy (non-hydrogen) atoms. The van der Waals surface area contributed by atoms with Crippen molar-refractivity contribution in [2.24, 2.45) is 0 Å². The van der Waals surface area contributed by atoms with E-state index in [-0.39, 0.29) is 11.0 Å². The second kappa shape index (κ2) is 11.3. The molecular formula is C27H28ClN3O3S. The van der Waals surface area contributed by atoms with Gasteiger partial charge in [0.15, 0.2) is 0 Å². The van der Waals surface area contributed by atoms with Crippen molar-refractivity contribution in [1.29, 1.82) is 5.26 Å². The molecule has 8 heteroatoms. The monoisotopic (exact) mass is 509 g/mol. The summed E-state index contributed by atoms with van der Waals surface area (Å²) >= 11 is 6.10. The molecule has 182 valence electrons. The van der Waals surface area contributed by atoms with Crippen LogP contribution in [0.25, 0.3) is 0 Å². The third-order valence-corrected chi connectivity index (χ3v) is 8.28. The van der Waals surface area contributed by atoms with E-state index in [9.17, 15) is 8.42 Å². The summed E-state index contributed by atoms with van der Waals surface area (Å²) in [5.41, 5.74) is 3.66. The molecule has 1 saturated heterocycles. The molecule has 1 fully saturated rings. The lowest BCUT2D eigenvalue weighted by Crippen LogP contribution is -2.49. The van der Waals surface area contributed by atoms with Crippen LogP contribution in [0.1, 0.15) is 28.4 Å². The van der Waals surface area contributed by atoms with Gasteiger partial charge in [0.25, 0.3) is 0 Å². The van der Waals surface area contributed by atoms with E-state index in [1.165, 1.54) is 22.0 Å². The van der Waals surface area contributed by atoms with Crippen molar-refractivity contribution in [3.05, 3.63) is 100 Å². The highest BCUT2D eigenvalue weighted by Gasteiger charge is 2.30. The molecule has 0 aromatic heterocycles. The Balaban J connectivity index is 1.42. The summed E-state index contributed by atoms with van der Waals surface area (Å²) in [7, 11) is -3.64. The number of halogens is 1. The highest BCUT2D eigenvalue weighted by Crippen LogP contribution is 2.25. The zero-order chi connectivity index (χ0) is 24.8. The minimum Gasteiger partial charge on any atom is -0.368 e. The average molecular weight is 510 g/mol. The number of aryl methyl sites for hydroxylation is 1. The normalized spacial score (nSPS) is 16.0. The molecular weight excluding hydrogens is 482 g/mol. The van der Waals surface area contributed by atoms with Crippen LogP contribution < -0.4 is 0 Å². The van der Waals surface area contributed by atoms with Gasteiger partial charge in [0, 0.05) is 37.7 Å². The molecule has 0 amide bonds. The van der Waals surface area contributed by atoms with Crippen LogP contribution in [0.15, 0.2) is 77.7 Å². The number of rotatable bonds is 8. The lowest BCUT2D eigenvalue weighted by atomic mass is 10.1. The smallest absolute Gasteiger partial charge is 0.243 e. The van der Waals surface area contributed by atoms with E-state index in [0.29, 0.717) is 49.9 Å². The van der Waals surface area contributed by atoms with Gasteiger partial charge in [-0.1, -0.05) is 59.6 Å². The zero-order valence-electron chi connectivity index (χ0n) is 19.6. The van der Waals surface area contributed by atoms with Gasteiger partial charge >= 0.3 is 0 Å². The Labute approximate surface area is 212 Å². The number of nitriles is 1. The quantitative estimate of drug-likeness (QED) is 0.436. The number of hydrogen-bond donors (Lipinski definition) is 0. The Morgan fingerprint density at radius 2 is 1.71 bits per heavy atom. The highest BCUT2D eigenvalue weighted by atomic mass is 35.5. The number of nitrogens with zero attached hydrogens (tertiary/aromatic N) is 3. The predicted octanol–water partition coefficient (Wildman–Crippen LogP) is 4.78. The van der Waals surface area contributed by atoms with Crippen LogP contribution in [0.2, 0.25) is 5.02 Å². The highest BCUT2D eigenvalue weighted by molar-refractivity contribution is 7.89.